The van der Waals surface area contributed by atoms with Crippen LogP contribution in [0.4, 0.5) is 16.2 Å². The Bertz CT molecular complexity index is 1020. The molecule has 144 valence electrons. The molecule has 0 saturated carbocycles. The highest BCUT2D eigenvalue weighted by molar-refractivity contribution is 5.91. The maximum absolute atomic E-state index is 14.9. The maximum atomic E-state index is 14.9. The standard InChI is InChI=1S/C20H20FN5O2/c1-4-28-19(27)12-5-7-14(15(21)9-12)18-17(11(2)25-20(22)26-18)13-6-8-16(23-3)24-10-13/h5-10H,4H2,1-3H3,(H,23,24)(H2,22,25,26). The van der Waals surface area contributed by atoms with Gasteiger partial charge in [0.1, 0.15) is 11.6 Å². The minimum Gasteiger partial charge on any atom is -0.462 e. The van der Waals surface area contributed by atoms with Crippen LogP contribution in [0.5, 0.6) is 0 Å². The number of pyridine rings is 1. The van der Waals surface area contributed by atoms with Gasteiger partial charge >= 0.3 is 5.97 Å². The molecule has 0 spiro atoms. The molecule has 0 fully saturated rings. The normalized spacial score (nSPS) is 10.6. The molecule has 1 aromatic carbocycles. The third-order valence-electron chi connectivity index (χ3n) is 4.15. The molecule has 0 unspecified atom stereocenters. The number of anilines is 2. The summed E-state index contributed by atoms with van der Waals surface area (Å²) in [5.41, 5.74) is 8.41. The lowest BCUT2D eigenvalue weighted by Crippen LogP contribution is -2.07. The van der Waals surface area contributed by atoms with E-state index in [-0.39, 0.29) is 23.7 Å². The van der Waals surface area contributed by atoms with Crippen molar-refractivity contribution in [3.05, 3.63) is 53.6 Å². The largest absolute Gasteiger partial charge is 0.462 e. The van der Waals surface area contributed by atoms with Crippen molar-refractivity contribution in [1.82, 2.24) is 15.0 Å². The van der Waals surface area contributed by atoms with Gasteiger partial charge in [0, 0.05) is 29.9 Å². The van der Waals surface area contributed by atoms with Crippen molar-refractivity contribution in [2.24, 2.45) is 0 Å². The van der Waals surface area contributed by atoms with Crippen LogP contribution in [0.25, 0.3) is 22.4 Å². The van der Waals surface area contributed by atoms with E-state index >= 15 is 0 Å². The molecule has 3 rings (SSSR count). The van der Waals surface area contributed by atoms with Crippen molar-refractivity contribution >= 4 is 17.7 Å². The number of nitrogens with one attached hydrogen (secondary N) is 1. The van der Waals surface area contributed by atoms with E-state index in [1.54, 1.807) is 33.2 Å². The number of nitrogens with two attached hydrogens (primary N) is 1. The Kier molecular flexibility index (Phi) is 5.49. The predicted octanol–water partition coefficient (Wildman–Crippen LogP) is 3.45. The number of nitrogen functional groups attached to an aromatic ring is 1. The Labute approximate surface area is 161 Å². The Hall–Kier alpha value is -3.55. The average molecular weight is 381 g/mol. The molecular formula is C20H20FN5O2. The van der Waals surface area contributed by atoms with Crippen molar-refractivity contribution in [2.75, 3.05) is 24.7 Å². The van der Waals surface area contributed by atoms with E-state index in [4.69, 9.17) is 10.5 Å². The van der Waals surface area contributed by atoms with Gasteiger partial charge in [-0.1, -0.05) is 0 Å². The molecule has 0 bridgehead atoms. The van der Waals surface area contributed by atoms with Crippen LogP contribution in [0.15, 0.2) is 36.5 Å². The average Bonchev–Trinajstić information content (AvgIpc) is 2.67. The molecular weight excluding hydrogens is 361 g/mol. The monoisotopic (exact) mass is 381 g/mol. The molecule has 8 heteroatoms. The molecule has 0 saturated heterocycles. The number of hydrogen-bond donors (Lipinski definition) is 2. The molecule has 0 radical (unpaired) electrons. The van der Waals surface area contributed by atoms with Crippen LogP contribution in [-0.2, 0) is 4.74 Å². The fourth-order valence-electron chi connectivity index (χ4n) is 2.87. The van der Waals surface area contributed by atoms with Gasteiger partial charge in [0.05, 0.1) is 23.6 Å². The SMILES string of the molecule is CCOC(=O)c1ccc(-c2nc(N)nc(C)c2-c2ccc(NC)nc2)c(F)c1. The first-order valence-corrected chi connectivity index (χ1v) is 8.70. The number of rotatable bonds is 5. The fraction of sp³-hybridized carbons (Fsp3) is 0.200. The Balaban J connectivity index is 2.15. The second-order valence-electron chi connectivity index (χ2n) is 5.99. The van der Waals surface area contributed by atoms with Crippen LogP contribution in [0.3, 0.4) is 0 Å². The third kappa shape index (κ3) is 3.75. The number of hydrogen-bond acceptors (Lipinski definition) is 7. The number of aryl methyl sites for hydroxylation is 1. The number of carbonyl (C=O) groups excluding carboxylic acids is 1. The minimum atomic E-state index is -0.607. The molecule has 3 aromatic rings. The van der Waals surface area contributed by atoms with E-state index in [9.17, 15) is 9.18 Å². The van der Waals surface area contributed by atoms with E-state index in [1.165, 1.54) is 12.1 Å². The van der Waals surface area contributed by atoms with Gasteiger partial charge in [-0.3, -0.25) is 0 Å². The zero-order valence-electron chi connectivity index (χ0n) is 15.8. The molecule has 0 atom stereocenters. The van der Waals surface area contributed by atoms with Crippen LogP contribution in [-0.4, -0.2) is 34.6 Å². The molecule has 2 aromatic heterocycles. The highest BCUT2D eigenvalue weighted by Crippen LogP contribution is 2.34. The van der Waals surface area contributed by atoms with Crippen molar-refractivity contribution < 1.29 is 13.9 Å². The zero-order chi connectivity index (χ0) is 20.3. The summed E-state index contributed by atoms with van der Waals surface area (Å²) in [6.07, 6.45) is 1.65. The van der Waals surface area contributed by atoms with Crippen LogP contribution < -0.4 is 11.1 Å². The quantitative estimate of drug-likeness (QED) is 0.652. The Morgan fingerprint density at radius 2 is 2.04 bits per heavy atom. The lowest BCUT2D eigenvalue weighted by Gasteiger charge is -2.14. The van der Waals surface area contributed by atoms with Crippen molar-refractivity contribution in [3.8, 4) is 22.4 Å². The minimum absolute atomic E-state index is 0.0323. The molecule has 28 heavy (non-hydrogen) atoms. The summed E-state index contributed by atoms with van der Waals surface area (Å²) < 4.78 is 19.8. The van der Waals surface area contributed by atoms with Crippen LogP contribution in [0.1, 0.15) is 23.0 Å². The zero-order valence-corrected chi connectivity index (χ0v) is 15.8. The second-order valence-corrected chi connectivity index (χ2v) is 5.99. The first-order valence-electron chi connectivity index (χ1n) is 8.70. The fourth-order valence-corrected chi connectivity index (χ4v) is 2.87. The molecule has 0 aliphatic heterocycles. The van der Waals surface area contributed by atoms with Gasteiger partial charge in [-0.2, -0.15) is 0 Å². The highest BCUT2D eigenvalue weighted by atomic mass is 19.1. The number of esters is 1. The first kappa shape index (κ1) is 19.2. The van der Waals surface area contributed by atoms with E-state index in [0.717, 1.165) is 11.6 Å². The molecule has 0 amide bonds. The molecule has 3 N–H and O–H groups in total. The lowest BCUT2D eigenvalue weighted by molar-refractivity contribution is 0.0526. The van der Waals surface area contributed by atoms with Crippen LogP contribution in [0, 0.1) is 12.7 Å². The number of carbonyl (C=O) groups is 1. The summed E-state index contributed by atoms with van der Waals surface area (Å²) >= 11 is 0. The highest BCUT2D eigenvalue weighted by Gasteiger charge is 2.19. The topological polar surface area (TPSA) is 103 Å². The summed E-state index contributed by atoms with van der Waals surface area (Å²) in [5, 5.41) is 2.95. The van der Waals surface area contributed by atoms with Crippen LogP contribution >= 0.6 is 0 Å². The maximum Gasteiger partial charge on any atom is 0.338 e. The van der Waals surface area contributed by atoms with Gasteiger partial charge in [0.15, 0.2) is 0 Å². The van der Waals surface area contributed by atoms with Crippen molar-refractivity contribution in [2.45, 2.75) is 13.8 Å². The summed E-state index contributed by atoms with van der Waals surface area (Å²) in [7, 11) is 1.77. The lowest BCUT2D eigenvalue weighted by atomic mass is 9.98. The van der Waals surface area contributed by atoms with E-state index in [2.05, 4.69) is 20.3 Å². The number of halogens is 1. The van der Waals surface area contributed by atoms with E-state index < -0.39 is 11.8 Å². The second kappa shape index (κ2) is 7.99. The Morgan fingerprint density at radius 3 is 2.64 bits per heavy atom. The van der Waals surface area contributed by atoms with Gasteiger partial charge < -0.3 is 15.8 Å². The number of aromatic nitrogens is 3. The number of nitrogens with zero attached hydrogens (tertiary/aromatic N) is 3. The molecule has 0 aliphatic rings. The predicted molar refractivity (Wildman–Crippen MR) is 105 cm³/mol. The van der Waals surface area contributed by atoms with Gasteiger partial charge in [0.2, 0.25) is 5.95 Å². The summed E-state index contributed by atoms with van der Waals surface area (Å²) in [6, 6.07) is 7.76. The first-order chi connectivity index (χ1) is 13.4. The van der Waals surface area contributed by atoms with Crippen molar-refractivity contribution in [3.63, 3.8) is 0 Å². The molecule has 0 aliphatic carbocycles. The van der Waals surface area contributed by atoms with Crippen LogP contribution in [0.2, 0.25) is 0 Å². The van der Waals surface area contributed by atoms with Gasteiger partial charge in [-0.15, -0.1) is 0 Å². The number of ether oxygens (including phenoxy) is 1. The smallest absolute Gasteiger partial charge is 0.338 e. The molecule has 2 heterocycles. The molecule has 7 nitrogen and oxygen atoms in total. The van der Waals surface area contributed by atoms with Crippen molar-refractivity contribution in [1.29, 1.82) is 0 Å². The van der Waals surface area contributed by atoms with Gasteiger partial charge in [0.25, 0.3) is 0 Å². The van der Waals surface area contributed by atoms with Gasteiger partial charge in [-0.05, 0) is 44.2 Å². The van der Waals surface area contributed by atoms with E-state index in [1.807, 2.05) is 6.07 Å². The summed E-state index contributed by atoms with van der Waals surface area (Å²) in [4.78, 5) is 24.6. The number of benzene rings is 1. The third-order valence-corrected chi connectivity index (χ3v) is 4.15. The summed E-state index contributed by atoms with van der Waals surface area (Å²) in [5.74, 6) is -0.461. The summed E-state index contributed by atoms with van der Waals surface area (Å²) in [6.45, 7) is 3.67. The van der Waals surface area contributed by atoms with Gasteiger partial charge in [-0.25, -0.2) is 24.1 Å². The Morgan fingerprint density at radius 1 is 1.25 bits per heavy atom. The van der Waals surface area contributed by atoms with E-state index in [0.29, 0.717) is 22.8 Å².